The van der Waals surface area contributed by atoms with E-state index in [0.29, 0.717) is 5.92 Å². The van der Waals surface area contributed by atoms with Crippen LogP contribution in [0.3, 0.4) is 0 Å². The van der Waals surface area contributed by atoms with Crippen LogP contribution in [-0.2, 0) is 6.42 Å². The summed E-state index contributed by atoms with van der Waals surface area (Å²) < 4.78 is 0. The molecule has 4 bridgehead atoms. The van der Waals surface area contributed by atoms with Crippen molar-refractivity contribution in [2.45, 2.75) is 89.5 Å². The summed E-state index contributed by atoms with van der Waals surface area (Å²) in [7, 11) is 0. The fourth-order valence-electron chi connectivity index (χ4n) is 8.19. The van der Waals surface area contributed by atoms with Crippen molar-refractivity contribution in [2.24, 2.45) is 34.8 Å². The molecule has 0 spiro atoms. The molecular formula is C27H37Cl2N. The molecule has 5 saturated carbocycles. The van der Waals surface area contributed by atoms with Crippen molar-refractivity contribution >= 4 is 23.2 Å². The highest BCUT2D eigenvalue weighted by Gasteiger charge is 2.49. The maximum atomic E-state index is 6.95. The average molecular weight is 447 g/mol. The number of benzene rings is 1. The predicted octanol–water partition coefficient (Wildman–Crippen LogP) is 7.93. The summed E-state index contributed by atoms with van der Waals surface area (Å²) in [5, 5.41) is 1.78. The van der Waals surface area contributed by atoms with Crippen LogP contribution in [0.1, 0.15) is 88.2 Å². The summed E-state index contributed by atoms with van der Waals surface area (Å²) in [5.74, 6) is 4.09. The standard InChI is InChI=1S/C27H37Cl2N/c1-16(27(17(2)30)6-4-3-5-7-27)8-18-14-23(28)26(24(29)15-18)25-21-10-19-9-20(12-21)13-22(25)11-19/h14-15,17,19-22,25H,1,3-13,30H2,2H3. The minimum Gasteiger partial charge on any atom is -0.327 e. The Labute approximate surface area is 192 Å². The van der Waals surface area contributed by atoms with Gasteiger partial charge in [-0.2, -0.15) is 0 Å². The third-order valence-corrected chi connectivity index (χ3v) is 10.1. The molecule has 5 fully saturated rings. The largest absolute Gasteiger partial charge is 0.327 e. The lowest BCUT2D eigenvalue weighted by atomic mass is 9.50. The maximum Gasteiger partial charge on any atom is 0.0458 e. The second kappa shape index (κ2) is 8.13. The molecule has 164 valence electrons. The minimum absolute atomic E-state index is 0.0668. The minimum atomic E-state index is 0.0668. The molecule has 1 unspecified atom stereocenters. The first kappa shape index (κ1) is 21.4. The van der Waals surface area contributed by atoms with Crippen molar-refractivity contribution in [1.29, 1.82) is 0 Å². The summed E-state index contributed by atoms with van der Waals surface area (Å²) >= 11 is 13.9. The van der Waals surface area contributed by atoms with Crippen molar-refractivity contribution < 1.29 is 0 Å². The topological polar surface area (TPSA) is 26.0 Å². The Balaban J connectivity index is 1.39. The van der Waals surface area contributed by atoms with E-state index in [-0.39, 0.29) is 11.5 Å². The van der Waals surface area contributed by atoms with E-state index in [1.165, 1.54) is 68.1 Å². The van der Waals surface area contributed by atoms with E-state index >= 15 is 0 Å². The molecule has 5 aliphatic rings. The molecule has 0 amide bonds. The molecule has 0 saturated heterocycles. The Morgan fingerprint density at radius 1 is 1.00 bits per heavy atom. The van der Waals surface area contributed by atoms with Crippen LogP contribution < -0.4 is 5.73 Å². The van der Waals surface area contributed by atoms with Gasteiger partial charge in [0.25, 0.3) is 0 Å². The number of hydrogen-bond donors (Lipinski definition) is 1. The summed E-state index contributed by atoms with van der Waals surface area (Å²) in [5.41, 5.74) is 10.3. The molecule has 3 heteroatoms. The lowest BCUT2D eigenvalue weighted by Crippen LogP contribution is -2.44. The van der Waals surface area contributed by atoms with Gasteiger partial charge in [0.1, 0.15) is 0 Å². The summed E-state index contributed by atoms with van der Waals surface area (Å²) in [6.45, 7) is 6.69. The first-order valence-corrected chi connectivity index (χ1v) is 13.0. The van der Waals surface area contributed by atoms with E-state index in [0.717, 1.165) is 53.0 Å². The molecule has 1 aromatic rings. The van der Waals surface area contributed by atoms with E-state index in [1.807, 2.05) is 0 Å². The zero-order valence-corrected chi connectivity index (χ0v) is 19.9. The average Bonchev–Trinajstić information content (AvgIpc) is 2.69. The van der Waals surface area contributed by atoms with Crippen molar-refractivity contribution in [1.82, 2.24) is 0 Å². The summed E-state index contributed by atoms with van der Waals surface area (Å²) in [6.07, 6.45) is 14.0. The monoisotopic (exact) mass is 445 g/mol. The Bertz CT molecular complexity index is 769. The molecule has 0 radical (unpaired) electrons. The van der Waals surface area contributed by atoms with Gasteiger partial charge in [-0.3, -0.25) is 0 Å². The van der Waals surface area contributed by atoms with Crippen LogP contribution in [0.2, 0.25) is 10.0 Å². The van der Waals surface area contributed by atoms with Gasteiger partial charge >= 0.3 is 0 Å². The Morgan fingerprint density at radius 2 is 1.53 bits per heavy atom. The number of nitrogens with two attached hydrogens (primary N) is 1. The number of halogens is 2. The second-order valence-electron chi connectivity index (χ2n) is 11.2. The van der Waals surface area contributed by atoms with Crippen LogP contribution in [0.4, 0.5) is 0 Å². The highest BCUT2D eigenvalue weighted by molar-refractivity contribution is 6.36. The fraction of sp³-hybridized carbons (Fsp3) is 0.704. The molecule has 1 aromatic carbocycles. The van der Waals surface area contributed by atoms with Crippen LogP contribution in [0.15, 0.2) is 24.3 Å². The zero-order valence-electron chi connectivity index (χ0n) is 18.4. The van der Waals surface area contributed by atoms with Crippen molar-refractivity contribution in [3.05, 3.63) is 45.5 Å². The molecule has 2 N–H and O–H groups in total. The van der Waals surface area contributed by atoms with E-state index in [1.54, 1.807) is 0 Å². The van der Waals surface area contributed by atoms with Crippen LogP contribution in [0, 0.1) is 29.1 Å². The van der Waals surface area contributed by atoms with Gasteiger partial charge in [-0.15, -0.1) is 0 Å². The van der Waals surface area contributed by atoms with Gasteiger partial charge in [-0.1, -0.05) is 54.6 Å². The quantitative estimate of drug-likeness (QED) is 0.457. The smallest absolute Gasteiger partial charge is 0.0458 e. The Morgan fingerprint density at radius 3 is 2.03 bits per heavy atom. The first-order chi connectivity index (χ1) is 14.4. The van der Waals surface area contributed by atoms with Gasteiger partial charge in [0.15, 0.2) is 0 Å². The van der Waals surface area contributed by atoms with Gasteiger partial charge in [-0.25, -0.2) is 0 Å². The molecule has 0 aliphatic heterocycles. The van der Waals surface area contributed by atoms with Crippen molar-refractivity contribution in [3.8, 4) is 0 Å². The lowest BCUT2D eigenvalue weighted by molar-refractivity contribution is -0.00272. The summed E-state index contributed by atoms with van der Waals surface area (Å²) in [4.78, 5) is 0. The van der Waals surface area contributed by atoms with Gasteiger partial charge in [0.2, 0.25) is 0 Å². The fourth-order valence-corrected chi connectivity index (χ4v) is 8.97. The van der Waals surface area contributed by atoms with Gasteiger partial charge in [0.05, 0.1) is 0 Å². The summed E-state index contributed by atoms with van der Waals surface area (Å²) in [6, 6.07) is 4.52. The molecule has 1 atom stereocenters. The molecule has 30 heavy (non-hydrogen) atoms. The molecule has 5 aliphatic carbocycles. The normalized spacial score (nSPS) is 35.4. The number of hydrogen-bond acceptors (Lipinski definition) is 1. The lowest BCUT2D eigenvalue weighted by Gasteiger charge is -2.55. The van der Waals surface area contributed by atoms with Crippen LogP contribution in [-0.4, -0.2) is 6.04 Å². The van der Waals surface area contributed by atoms with Crippen molar-refractivity contribution in [3.63, 3.8) is 0 Å². The third-order valence-electron chi connectivity index (χ3n) is 9.44. The first-order valence-electron chi connectivity index (χ1n) is 12.3. The SMILES string of the molecule is C=C(Cc1cc(Cl)c(C2C3CC4CC(C3)CC2C4)c(Cl)c1)C1(C(C)N)CCCCC1. The maximum absolute atomic E-state index is 6.95. The van der Waals surface area contributed by atoms with E-state index in [2.05, 4.69) is 25.6 Å². The van der Waals surface area contributed by atoms with E-state index in [9.17, 15) is 0 Å². The predicted molar refractivity (Wildman–Crippen MR) is 128 cm³/mol. The van der Waals surface area contributed by atoms with Gasteiger partial charge in [-0.05, 0) is 111 Å². The van der Waals surface area contributed by atoms with E-state index < -0.39 is 0 Å². The second-order valence-corrected chi connectivity index (χ2v) is 12.0. The highest BCUT2D eigenvalue weighted by Crippen LogP contribution is 2.61. The van der Waals surface area contributed by atoms with Crippen LogP contribution in [0.5, 0.6) is 0 Å². The molecule has 1 nitrogen and oxygen atoms in total. The van der Waals surface area contributed by atoms with Crippen molar-refractivity contribution in [2.75, 3.05) is 0 Å². The molecular weight excluding hydrogens is 409 g/mol. The van der Waals surface area contributed by atoms with Gasteiger partial charge < -0.3 is 5.73 Å². The Kier molecular flexibility index (Phi) is 5.78. The third kappa shape index (κ3) is 3.57. The van der Waals surface area contributed by atoms with Gasteiger partial charge in [0, 0.05) is 21.5 Å². The zero-order chi connectivity index (χ0) is 21.0. The molecule has 6 rings (SSSR count). The molecule has 0 aromatic heterocycles. The number of rotatable bonds is 5. The van der Waals surface area contributed by atoms with E-state index in [4.69, 9.17) is 28.9 Å². The molecule has 0 heterocycles. The highest BCUT2D eigenvalue weighted by atomic mass is 35.5. The van der Waals surface area contributed by atoms with Crippen LogP contribution >= 0.6 is 23.2 Å². The Hall–Kier alpha value is -0.500. The van der Waals surface area contributed by atoms with Crippen LogP contribution in [0.25, 0.3) is 0 Å².